The highest BCUT2D eigenvalue weighted by atomic mass is 16.6. The van der Waals surface area contributed by atoms with E-state index in [0.29, 0.717) is 36.8 Å². The fourth-order valence-corrected chi connectivity index (χ4v) is 11.6. The minimum atomic E-state index is -0.596. The molecule has 244 valence electrons. The zero-order chi connectivity index (χ0) is 31.4. The van der Waals surface area contributed by atoms with Gasteiger partial charge in [-0.15, -0.1) is 0 Å². The van der Waals surface area contributed by atoms with Gasteiger partial charge in [0.15, 0.2) is 6.61 Å². The third-order valence-electron chi connectivity index (χ3n) is 14.5. The van der Waals surface area contributed by atoms with Crippen molar-refractivity contribution in [1.82, 2.24) is 5.32 Å². The van der Waals surface area contributed by atoms with Gasteiger partial charge in [0.25, 0.3) is 0 Å². The second-order valence-corrected chi connectivity index (χ2v) is 16.4. The number of aliphatic hydroxyl groups is 2. The minimum Gasteiger partial charge on any atom is -0.462 e. The average molecular weight is 602 g/mol. The van der Waals surface area contributed by atoms with Crippen LogP contribution in [-0.2, 0) is 19.1 Å². The number of aliphatic hydroxyl groups excluding tert-OH is 2. The first-order chi connectivity index (χ1) is 20.2. The topological polar surface area (TPSA) is 105 Å². The van der Waals surface area contributed by atoms with E-state index >= 15 is 0 Å². The Balaban J connectivity index is 1.41. The van der Waals surface area contributed by atoms with Gasteiger partial charge in [0.2, 0.25) is 0 Å². The Kier molecular flexibility index (Phi) is 8.99. The van der Waals surface area contributed by atoms with Gasteiger partial charge in [0, 0.05) is 13.1 Å². The highest BCUT2D eigenvalue weighted by Gasteiger charge is 2.69. The summed E-state index contributed by atoms with van der Waals surface area (Å²) in [6, 6.07) is 0. The van der Waals surface area contributed by atoms with E-state index in [4.69, 9.17) is 14.6 Å². The zero-order valence-electron chi connectivity index (χ0n) is 28.0. The Morgan fingerprint density at radius 2 is 1.67 bits per heavy atom. The number of carbonyl (C=O) groups is 2. The molecule has 0 aromatic rings. The molecule has 0 radical (unpaired) electrons. The zero-order valence-corrected chi connectivity index (χ0v) is 28.0. The van der Waals surface area contributed by atoms with Gasteiger partial charge in [-0.05, 0) is 109 Å². The summed E-state index contributed by atoms with van der Waals surface area (Å²) in [7, 11) is 0. The van der Waals surface area contributed by atoms with Crippen molar-refractivity contribution in [2.75, 3.05) is 32.9 Å². The fraction of sp³-hybridized carbons (Fsp3) is 0.889. The third kappa shape index (κ3) is 5.02. The molecule has 0 saturated heterocycles. The van der Waals surface area contributed by atoms with Crippen LogP contribution in [0.3, 0.4) is 0 Å². The molecule has 4 fully saturated rings. The maximum Gasteiger partial charge on any atom is 0.344 e. The number of fused-ring (bicyclic) bond motifs is 7. The van der Waals surface area contributed by atoms with Crippen LogP contribution in [0.1, 0.15) is 106 Å². The van der Waals surface area contributed by atoms with Gasteiger partial charge >= 0.3 is 11.9 Å². The molecule has 0 aliphatic heterocycles. The van der Waals surface area contributed by atoms with Crippen LogP contribution in [0.2, 0.25) is 0 Å². The van der Waals surface area contributed by atoms with Gasteiger partial charge < -0.3 is 25.0 Å². The second kappa shape index (κ2) is 11.7. The van der Waals surface area contributed by atoms with Crippen LogP contribution in [0.15, 0.2) is 11.6 Å². The first-order valence-corrected chi connectivity index (χ1v) is 17.2. The molecule has 7 heteroatoms. The van der Waals surface area contributed by atoms with E-state index in [1.54, 1.807) is 0 Å². The summed E-state index contributed by atoms with van der Waals surface area (Å²) >= 11 is 0. The summed E-state index contributed by atoms with van der Waals surface area (Å²) in [5.74, 6) is 1.31. The predicted octanol–water partition coefficient (Wildman–Crippen LogP) is 5.67. The van der Waals surface area contributed by atoms with Crippen LogP contribution in [0.4, 0.5) is 0 Å². The third-order valence-corrected chi connectivity index (χ3v) is 14.5. The molecule has 0 amide bonds. The Morgan fingerprint density at radius 3 is 2.40 bits per heavy atom. The van der Waals surface area contributed by atoms with Gasteiger partial charge in [-0.1, -0.05) is 60.1 Å². The Labute approximate surface area is 259 Å². The minimum absolute atomic E-state index is 0.00433. The Hall–Kier alpha value is -1.44. The molecule has 43 heavy (non-hydrogen) atoms. The quantitative estimate of drug-likeness (QED) is 0.187. The van der Waals surface area contributed by atoms with Gasteiger partial charge in [0.05, 0.1) is 18.1 Å². The van der Waals surface area contributed by atoms with E-state index in [1.165, 1.54) is 5.57 Å². The molecule has 3 unspecified atom stereocenters. The van der Waals surface area contributed by atoms with Gasteiger partial charge in [0.1, 0.15) is 6.61 Å². The molecule has 0 aromatic heterocycles. The summed E-state index contributed by atoms with van der Waals surface area (Å²) < 4.78 is 11.1. The van der Waals surface area contributed by atoms with Gasteiger partial charge in [-0.2, -0.15) is 0 Å². The van der Waals surface area contributed by atoms with Crippen LogP contribution in [0.25, 0.3) is 0 Å². The lowest BCUT2D eigenvalue weighted by molar-refractivity contribution is -0.207. The van der Waals surface area contributed by atoms with Crippen molar-refractivity contribution in [2.24, 2.45) is 56.7 Å². The second-order valence-electron chi connectivity index (χ2n) is 16.4. The molecule has 5 rings (SSSR count). The molecule has 7 nitrogen and oxygen atoms in total. The van der Waals surface area contributed by atoms with Crippen molar-refractivity contribution >= 4 is 11.9 Å². The van der Waals surface area contributed by atoms with Crippen molar-refractivity contribution in [3.8, 4) is 0 Å². The highest BCUT2D eigenvalue weighted by molar-refractivity contribution is 5.82. The molecule has 4 saturated carbocycles. The number of ether oxygens (including phenoxy) is 2. The van der Waals surface area contributed by atoms with Crippen molar-refractivity contribution in [3.05, 3.63) is 11.6 Å². The normalized spacial score (nSPS) is 45.0. The molecular formula is C36H59NO6. The van der Waals surface area contributed by atoms with Crippen LogP contribution in [0.5, 0.6) is 0 Å². The molecule has 10 atom stereocenters. The summed E-state index contributed by atoms with van der Waals surface area (Å²) in [5.41, 5.74) is 1.14. The smallest absolute Gasteiger partial charge is 0.344 e. The van der Waals surface area contributed by atoms with Crippen LogP contribution in [0, 0.1) is 56.7 Å². The van der Waals surface area contributed by atoms with Crippen molar-refractivity contribution in [2.45, 2.75) is 112 Å². The highest BCUT2D eigenvalue weighted by Crippen LogP contribution is 2.75. The monoisotopic (exact) mass is 601 g/mol. The first kappa shape index (κ1) is 32.9. The van der Waals surface area contributed by atoms with E-state index in [1.807, 2.05) is 0 Å². The lowest BCUT2D eigenvalue weighted by Gasteiger charge is -2.71. The SMILES string of the molecule is C[C@@H]1CC[C@]2(C(=O)OCC(=O)OCCNCCO)CC[C@]3(C)C(=CCC4[C@@]5(C)CC[C@H](O)C(C)(C)C5CC[C@]43C)C2[C@H]1C. The van der Waals surface area contributed by atoms with Crippen LogP contribution in [-0.4, -0.2) is 61.2 Å². The van der Waals surface area contributed by atoms with Crippen molar-refractivity contribution < 1.29 is 29.3 Å². The largest absolute Gasteiger partial charge is 0.462 e. The standard InChI is InChI=1S/C36H59NO6/c1-23-10-15-36(31(41)43-22-29(40)42-21-19-37-18-20-38)17-16-34(6)25(30(36)24(23)2)8-9-27-33(5)13-12-28(39)32(3,4)26(33)11-14-35(27,34)7/h8,23-24,26-28,30,37-39H,9-22H2,1-7H3/t23-,24+,26?,27?,28+,30?,33+,34-,35-,36+/m1/s1. The fourth-order valence-electron chi connectivity index (χ4n) is 11.6. The molecular weight excluding hydrogens is 542 g/mol. The number of allylic oxidation sites excluding steroid dienone is 2. The van der Waals surface area contributed by atoms with Gasteiger partial charge in [-0.25, -0.2) is 4.79 Å². The van der Waals surface area contributed by atoms with Gasteiger partial charge in [-0.3, -0.25) is 4.79 Å². The summed E-state index contributed by atoms with van der Waals surface area (Å²) in [6.07, 6.45) is 11.2. The van der Waals surface area contributed by atoms with E-state index in [9.17, 15) is 14.7 Å². The number of rotatable bonds is 8. The predicted molar refractivity (Wildman–Crippen MR) is 167 cm³/mol. The van der Waals surface area contributed by atoms with Crippen molar-refractivity contribution in [1.29, 1.82) is 0 Å². The number of nitrogens with one attached hydrogen (secondary N) is 1. The summed E-state index contributed by atoms with van der Waals surface area (Å²) in [4.78, 5) is 26.5. The molecule has 5 aliphatic carbocycles. The lowest BCUT2D eigenvalue weighted by atomic mass is 9.33. The van der Waals surface area contributed by atoms with Crippen molar-refractivity contribution in [3.63, 3.8) is 0 Å². The number of hydrogen-bond acceptors (Lipinski definition) is 7. The van der Waals surface area contributed by atoms with E-state index in [2.05, 4.69) is 59.9 Å². The maximum absolute atomic E-state index is 14.1. The number of hydrogen-bond donors (Lipinski definition) is 3. The average Bonchev–Trinajstić information content (AvgIpc) is 2.96. The van der Waals surface area contributed by atoms with E-state index in [-0.39, 0.29) is 59.5 Å². The number of carbonyl (C=O) groups excluding carboxylic acids is 2. The van der Waals surface area contributed by atoms with E-state index in [0.717, 1.165) is 57.8 Å². The summed E-state index contributed by atoms with van der Waals surface area (Å²) in [6.45, 7) is 17.6. The van der Waals surface area contributed by atoms with Crippen LogP contribution < -0.4 is 5.32 Å². The summed E-state index contributed by atoms with van der Waals surface area (Å²) in [5, 5.41) is 22.9. The lowest BCUT2D eigenvalue weighted by Crippen LogP contribution is -2.65. The molecule has 0 bridgehead atoms. The number of esters is 2. The maximum atomic E-state index is 14.1. The first-order valence-electron chi connectivity index (χ1n) is 17.2. The molecule has 0 aromatic carbocycles. The Morgan fingerprint density at radius 1 is 0.930 bits per heavy atom. The Bertz CT molecular complexity index is 1100. The molecule has 5 aliphatic rings. The molecule has 3 N–H and O–H groups in total. The van der Waals surface area contributed by atoms with E-state index < -0.39 is 11.4 Å². The molecule has 0 heterocycles. The molecule has 0 spiro atoms. The van der Waals surface area contributed by atoms with Crippen LogP contribution >= 0.6 is 0 Å².